The first-order valence-corrected chi connectivity index (χ1v) is 5.15. The van der Waals surface area contributed by atoms with Gasteiger partial charge in [0.1, 0.15) is 0 Å². The quantitative estimate of drug-likeness (QED) is 0.483. The normalized spacial score (nSPS) is 11.2. The van der Waals surface area contributed by atoms with Gasteiger partial charge in [-0.3, -0.25) is 0 Å². The molecule has 0 aliphatic heterocycles. The lowest BCUT2D eigenvalue weighted by atomic mass is 10.1. The summed E-state index contributed by atoms with van der Waals surface area (Å²) in [5.41, 5.74) is 6.28. The molecule has 0 unspecified atom stereocenters. The average Bonchev–Trinajstić information content (AvgIpc) is 2.11. The van der Waals surface area contributed by atoms with E-state index in [2.05, 4.69) is 6.92 Å². The molecule has 0 radical (unpaired) electrons. The van der Waals surface area contributed by atoms with Gasteiger partial charge in [0, 0.05) is 11.8 Å². The fourth-order valence-corrected chi connectivity index (χ4v) is 1.26. The van der Waals surface area contributed by atoms with Gasteiger partial charge in [-0.25, -0.2) is 0 Å². The number of hydrogen-bond acceptors (Lipinski definition) is 2. The van der Waals surface area contributed by atoms with Crippen molar-refractivity contribution in [3.8, 4) is 6.07 Å². The molecule has 0 aromatic heterocycles. The molecule has 0 fully saturated rings. The zero-order valence-electron chi connectivity index (χ0n) is 8.55. The fraction of sp³-hybridized carbons (Fsp3) is 0.727. The molecule has 0 heterocycles. The van der Waals surface area contributed by atoms with Crippen LogP contribution in [0.3, 0.4) is 0 Å². The molecule has 13 heavy (non-hydrogen) atoms. The van der Waals surface area contributed by atoms with E-state index in [1.165, 1.54) is 38.2 Å². The third-order valence-corrected chi connectivity index (χ3v) is 2.07. The van der Waals surface area contributed by atoms with Crippen LogP contribution in [0.1, 0.15) is 51.9 Å². The molecule has 0 saturated heterocycles. The maximum Gasteiger partial charge on any atom is 0.0930 e. The van der Waals surface area contributed by atoms with E-state index in [0.717, 1.165) is 18.5 Å². The summed E-state index contributed by atoms with van der Waals surface area (Å²) in [4.78, 5) is 0. The number of allylic oxidation sites excluding steroid dienone is 2. The predicted octanol–water partition coefficient (Wildman–Crippen LogP) is 3.10. The highest BCUT2D eigenvalue weighted by Gasteiger charge is 1.92. The van der Waals surface area contributed by atoms with Gasteiger partial charge in [0.25, 0.3) is 0 Å². The second-order valence-corrected chi connectivity index (χ2v) is 3.37. The van der Waals surface area contributed by atoms with Crippen LogP contribution in [0.25, 0.3) is 0 Å². The first-order valence-electron chi connectivity index (χ1n) is 5.15. The molecule has 0 rings (SSSR count). The van der Waals surface area contributed by atoms with Crippen molar-refractivity contribution in [1.82, 2.24) is 0 Å². The number of nitrogens with zero attached hydrogens (tertiary/aromatic N) is 1. The van der Waals surface area contributed by atoms with E-state index in [4.69, 9.17) is 11.0 Å². The van der Waals surface area contributed by atoms with Gasteiger partial charge < -0.3 is 5.73 Å². The Labute approximate surface area is 81.4 Å². The Hall–Kier alpha value is -0.970. The minimum absolute atomic E-state index is 0.720. The fourth-order valence-electron chi connectivity index (χ4n) is 1.26. The van der Waals surface area contributed by atoms with E-state index in [1.54, 1.807) is 0 Å². The van der Waals surface area contributed by atoms with Crippen molar-refractivity contribution in [3.05, 3.63) is 11.8 Å². The van der Waals surface area contributed by atoms with Crippen molar-refractivity contribution in [1.29, 1.82) is 5.26 Å². The molecule has 0 aliphatic carbocycles. The van der Waals surface area contributed by atoms with Crippen molar-refractivity contribution in [2.24, 2.45) is 5.73 Å². The third-order valence-electron chi connectivity index (χ3n) is 2.07. The van der Waals surface area contributed by atoms with Crippen LogP contribution in [0.2, 0.25) is 0 Å². The Kier molecular flexibility index (Phi) is 8.44. The first-order chi connectivity index (χ1) is 6.31. The van der Waals surface area contributed by atoms with Gasteiger partial charge in [0.2, 0.25) is 0 Å². The Morgan fingerprint density at radius 1 is 1.23 bits per heavy atom. The molecule has 2 heteroatoms. The molecular formula is C11H20N2. The van der Waals surface area contributed by atoms with Crippen molar-refractivity contribution in [3.63, 3.8) is 0 Å². The van der Waals surface area contributed by atoms with Crippen LogP contribution in [0.5, 0.6) is 0 Å². The Balaban J connectivity index is 3.17. The monoisotopic (exact) mass is 180 g/mol. The molecule has 0 atom stereocenters. The lowest BCUT2D eigenvalue weighted by Gasteiger charge is -2.00. The van der Waals surface area contributed by atoms with Crippen molar-refractivity contribution in [2.45, 2.75) is 51.9 Å². The Morgan fingerprint density at radius 2 is 1.85 bits per heavy atom. The molecule has 2 nitrogen and oxygen atoms in total. The molecule has 0 spiro atoms. The molecule has 0 amide bonds. The highest BCUT2D eigenvalue weighted by Crippen LogP contribution is 2.08. The summed E-state index contributed by atoms with van der Waals surface area (Å²) in [6.07, 6.45) is 9.92. The Morgan fingerprint density at radius 3 is 2.46 bits per heavy atom. The van der Waals surface area contributed by atoms with Crippen molar-refractivity contribution >= 4 is 0 Å². The van der Waals surface area contributed by atoms with Crippen molar-refractivity contribution < 1.29 is 0 Å². The van der Waals surface area contributed by atoms with Crippen LogP contribution in [-0.4, -0.2) is 0 Å². The standard InChI is InChI=1S/C11H20N2/c1-2-3-4-5-6-7-8-11(13)9-10-12/h9H,2-8,13H2,1H3/b11-9+. The lowest BCUT2D eigenvalue weighted by molar-refractivity contribution is 0.605. The van der Waals surface area contributed by atoms with E-state index in [1.807, 2.05) is 6.07 Å². The summed E-state index contributed by atoms with van der Waals surface area (Å²) in [6.45, 7) is 2.22. The van der Waals surface area contributed by atoms with E-state index in [9.17, 15) is 0 Å². The van der Waals surface area contributed by atoms with Gasteiger partial charge in [-0.2, -0.15) is 5.26 Å². The largest absolute Gasteiger partial charge is 0.401 e. The van der Waals surface area contributed by atoms with E-state index >= 15 is 0 Å². The smallest absolute Gasteiger partial charge is 0.0930 e. The maximum absolute atomic E-state index is 8.30. The summed E-state index contributed by atoms with van der Waals surface area (Å²) in [5, 5.41) is 8.30. The van der Waals surface area contributed by atoms with Crippen LogP contribution in [0, 0.1) is 11.3 Å². The van der Waals surface area contributed by atoms with Gasteiger partial charge in [0.15, 0.2) is 0 Å². The van der Waals surface area contributed by atoms with Crippen molar-refractivity contribution in [2.75, 3.05) is 0 Å². The van der Waals surface area contributed by atoms with E-state index in [-0.39, 0.29) is 0 Å². The summed E-state index contributed by atoms with van der Waals surface area (Å²) >= 11 is 0. The molecule has 0 bridgehead atoms. The molecule has 0 saturated carbocycles. The first kappa shape index (κ1) is 12.0. The number of nitriles is 1. The summed E-state index contributed by atoms with van der Waals surface area (Å²) in [6, 6.07) is 1.94. The number of hydrogen-bond donors (Lipinski definition) is 1. The minimum atomic E-state index is 0.720. The average molecular weight is 180 g/mol. The highest BCUT2D eigenvalue weighted by atomic mass is 14.6. The van der Waals surface area contributed by atoms with Crippen LogP contribution in [0.4, 0.5) is 0 Å². The predicted molar refractivity (Wildman–Crippen MR) is 55.9 cm³/mol. The second kappa shape index (κ2) is 9.12. The lowest BCUT2D eigenvalue weighted by Crippen LogP contribution is -1.96. The third kappa shape index (κ3) is 8.94. The summed E-state index contributed by atoms with van der Waals surface area (Å²) in [7, 11) is 0. The van der Waals surface area contributed by atoms with Crippen LogP contribution in [-0.2, 0) is 0 Å². The minimum Gasteiger partial charge on any atom is -0.401 e. The molecule has 0 aromatic carbocycles. The van der Waals surface area contributed by atoms with Gasteiger partial charge >= 0.3 is 0 Å². The molecule has 2 N–H and O–H groups in total. The zero-order chi connectivity index (χ0) is 9.94. The van der Waals surface area contributed by atoms with Gasteiger partial charge in [-0.05, 0) is 12.8 Å². The number of nitrogens with two attached hydrogens (primary N) is 1. The highest BCUT2D eigenvalue weighted by molar-refractivity contribution is 5.09. The molecule has 0 aliphatic rings. The van der Waals surface area contributed by atoms with Gasteiger partial charge in [-0.1, -0.05) is 39.0 Å². The summed E-state index contributed by atoms with van der Waals surface area (Å²) < 4.78 is 0. The molecular weight excluding hydrogens is 160 g/mol. The number of rotatable bonds is 7. The summed E-state index contributed by atoms with van der Waals surface area (Å²) in [5.74, 6) is 0. The molecule has 0 aromatic rings. The molecule has 74 valence electrons. The van der Waals surface area contributed by atoms with Crippen LogP contribution < -0.4 is 5.73 Å². The van der Waals surface area contributed by atoms with Crippen LogP contribution >= 0.6 is 0 Å². The topological polar surface area (TPSA) is 49.8 Å². The Bertz CT molecular complexity index is 177. The van der Waals surface area contributed by atoms with E-state index < -0.39 is 0 Å². The zero-order valence-corrected chi connectivity index (χ0v) is 8.55. The van der Waals surface area contributed by atoms with E-state index in [0.29, 0.717) is 0 Å². The SMILES string of the molecule is CCCCCCCC/C(N)=C\C#N. The number of unbranched alkanes of at least 4 members (excludes halogenated alkanes) is 5. The second-order valence-electron chi connectivity index (χ2n) is 3.37. The maximum atomic E-state index is 8.30. The van der Waals surface area contributed by atoms with Gasteiger partial charge in [-0.15, -0.1) is 0 Å². The van der Waals surface area contributed by atoms with Crippen LogP contribution in [0.15, 0.2) is 11.8 Å². The van der Waals surface area contributed by atoms with Gasteiger partial charge in [0.05, 0.1) is 6.07 Å².